The highest BCUT2D eigenvalue weighted by Crippen LogP contribution is 2.43. The fourth-order valence-electron chi connectivity index (χ4n) is 3.00. The van der Waals surface area contributed by atoms with Crippen molar-refractivity contribution >= 4 is 35.2 Å². The summed E-state index contributed by atoms with van der Waals surface area (Å²) in [7, 11) is 0. The Bertz CT molecular complexity index is 890. The number of fused-ring (bicyclic) bond motifs is 3. The maximum absolute atomic E-state index is 5.00. The van der Waals surface area contributed by atoms with Crippen molar-refractivity contribution in [2.24, 2.45) is 4.99 Å². The number of para-hydroxylation sites is 3. The van der Waals surface area contributed by atoms with Crippen LogP contribution in [0.15, 0.2) is 87.6 Å². The van der Waals surface area contributed by atoms with Gasteiger partial charge in [-0.25, -0.2) is 4.99 Å². The molecule has 30 heavy (non-hydrogen) atoms. The summed E-state index contributed by atoms with van der Waals surface area (Å²) in [6.45, 7) is 2.90. The maximum atomic E-state index is 5.00. The van der Waals surface area contributed by atoms with Gasteiger partial charge < -0.3 is 19.5 Å². The van der Waals surface area contributed by atoms with E-state index in [0.717, 1.165) is 30.9 Å². The minimum atomic E-state index is 0.500. The molecular formula is C24H24N2O3S. The van der Waals surface area contributed by atoms with E-state index < -0.39 is 0 Å². The van der Waals surface area contributed by atoms with Crippen LogP contribution >= 0.6 is 11.8 Å². The standard InChI is InChI=1S/C12H9NS.C8H7NO.C4H8O2/c1-3-7-11-9(5-1)13-10-6-2-4-8-12(10)14-11;1-2-4-8-7(3-1)5-10-6-9-8;1-2-5-4-6-3-1/h1-8,13H;1-4,6H,5H2;1-4H2. The van der Waals surface area contributed by atoms with Gasteiger partial charge in [-0.3, -0.25) is 0 Å². The number of rotatable bonds is 0. The second-order valence-corrected chi connectivity index (χ2v) is 7.77. The van der Waals surface area contributed by atoms with E-state index in [1.807, 2.05) is 36.0 Å². The summed E-state index contributed by atoms with van der Waals surface area (Å²) in [6.07, 6.45) is 2.54. The van der Waals surface area contributed by atoms with Gasteiger partial charge in [0.05, 0.1) is 30.3 Å². The number of benzene rings is 3. The van der Waals surface area contributed by atoms with Crippen LogP contribution in [-0.4, -0.2) is 26.4 Å². The third kappa shape index (κ3) is 5.63. The van der Waals surface area contributed by atoms with Crippen molar-refractivity contribution in [1.29, 1.82) is 0 Å². The summed E-state index contributed by atoms with van der Waals surface area (Å²) < 4.78 is 14.7. The van der Waals surface area contributed by atoms with E-state index in [-0.39, 0.29) is 0 Å². The first-order valence-corrected chi connectivity index (χ1v) is 10.7. The van der Waals surface area contributed by atoms with Gasteiger partial charge in [-0.1, -0.05) is 54.2 Å². The smallest absolute Gasteiger partial charge is 0.175 e. The predicted octanol–water partition coefficient (Wildman–Crippen LogP) is 6.15. The molecule has 3 aliphatic heterocycles. The molecule has 1 saturated heterocycles. The van der Waals surface area contributed by atoms with Gasteiger partial charge >= 0.3 is 0 Å². The number of hydrogen-bond acceptors (Lipinski definition) is 6. The minimum absolute atomic E-state index is 0.500. The molecule has 3 heterocycles. The third-order valence-electron chi connectivity index (χ3n) is 4.50. The fraction of sp³-hybridized carbons (Fsp3) is 0.208. The van der Waals surface area contributed by atoms with E-state index in [1.54, 1.807) is 0 Å². The fourth-order valence-corrected chi connectivity index (χ4v) is 3.99. The first-order chi connectivity index (χ1) is 14.9. The lowest BCUT2D eigenvalue weighted by atomic mass is 10.2. The molecule has 3 aliphatic rings. The number of nitrogens with zero attached hydrogens (tertiary/aromatic N) is 1. The maximum Gasteiger partial charge on any atom is 0.175 e. The van der Waals surface area contributed by atoms with Gasteiger partial charge in [-0.15, -0.1) is 0 Å². The zero-order valence-electron chi connectivity index (χ0n) is 16.6. The van der Waals surface area contributed by atoms with Crippen molar-refractivity contribution < 1.29 is 14.2 Å². The summed E-state index contributed by atoms with van der Waals surface area (Å²) in [5, 5.41) is 3.42. The second-order valence-electron chi connectivity index (χ2n) is 6.68. The first kappa shape index (κ1) is 20.5. The molecule has 0 saturated carbocycles. The minimum Gasteiger partial charge on any atom is -0.478 e. The molecule has 0 bridgehead atoms. The molecule has 0 unspecified atom stereocenters. The van der Waals surface area contributed by atoms with E-state index in [2.05, 4.69) is 58.8 Å². The first-order valence-electron chi connectivity index (χ1n) is 9.90. The van der Waals surface area contributed by atoms with E-state index in [9.17, 15) is 0 Å². The van der Waals surface area contributed by atoms with Crippen molar-refractivity contribution in [3.05, 3.63) is 78.4 Å². The zero-order valence-corrected chi connectivity index (χ0v) is 17.4. The molecule has 3 aromatic rings. The highest BCUT2D eigenvalue weighted by atomic mass is 32.2. The van der Waals surface area contributed by atoms with Crippen molar-refractivity contribution in [3.8, 4) is 0 Å². The lowest BCUT2D eigenvalue weighted by molar-refractivity contribution is -0.0963. The van der Waals surface area contributed by atoms with Gasteiger partial charge in [0.25, 0.3) is 0 Å². The lowest BCUT2D eigenvalue weighted by Gasteiger charge is -2.19. The van der Waals surface area contributed by atoms with E-state index in [0.29, 0.717) is 13.4 Å². The van der Waals surface area contributed by atoms with Crippen LogP contribution in [-0.2, 0) is 20.8 Å². The average Bonchev–Trinajstić information content (AvgIpc) is 2.85. The van der Waals surface area contributed by atoms with Gasteiger partial charge in [-0.05, 0) is 36.8 Å². The third-order valence-corrected chi connectivity index (χ3v) is 5.66. The SMILES string of the molecule is C1=Nc2ccccc2CO1.C1COCOC1.c1ccc2c(c1)Nc1ccccc1S2. The van der Waals surface area contributed by atoms with Gasteiger partial charge in [0.1, 0.15) is 13.4 Å². The number of nitrogens with one attached hydrogen (secondary N) is 1. The summed E-state index contributed by atoms with van der Waals surface area (Å²) in [6, 6.07) is 24.7. The Morgan fingerprint density at radius 2 is 1.40 bits per heavy atom. The van der Waals surface area contributed by atoms with Gasteiger partial charge in [0, 0.05) is 15.4 Å². The zero-order chi connectivity index (χ0) is 20.4. The summed E-state index contributed by atoms with van der Waals surface area (Å²) in [4.78, 5) is 6.64. The van der Waals surface area contributed by atoms with Gasteiger partial charge in [-0.2, -0.15) is 0 Å². The van der Waals surface area contributed by atoms with Crippen molar-refractivity contribution in [2.75, 3.05) is 25.3 Å². The van der Waals surface area contributed by atoms with Crippen LogP contribution in [0.5, 0.6) is 0 Å². The van der Waals surface area contributed by atoms with Crippen molar-refractivity contribution in [3.63, 3.8) is 0 Å². The molecule has 0 atom stereocenters. The van der Waals surface area contributed by atoms with Gasteiger partial charge in [0.15, 0.2) is 6.40 Å². The molecule has 6 heteroatoms. The normalized spacial score (nSPS) is 15.3. The molecule has 1 N–H and O–H groups in total. The Kier molecular flexibility index (Phi) is 7.39. The summed E-state index contributed by atoms with van der Waals surface area (Å²) in [5.74, 6) is 0. The lowest BCUT2D eigenvalue weighted by Crippen LogP contribution is -2.11. The summed E-state index contributed by atoms with van der Waals surface area (Å²) in [5.41, 5.74) is 4.59. The topological polar surface area (TPSA) is 52.1 Å². The van der Waals surface area contributed by atoms with Crippen LogP contribution in [0.2, 0.25) is 0 Å². The van der Waals surface area contributed by atoms with Crippen LogP contribution < -0.4 is 5.32 Å². The van der Waals surface area contributed by atoms with Crippen molar-refractivity contribution in [1.82, 2.24) is 0 Å². The van der Waals surface area contributed by atoms with Gasteiger partial charge in [0.2, 0.25) is 0 Å². The van der Waals surface area contributed by atoms with Crippen LogP contribution in [0.1, 0.15) is 12.0 Å². The number of hydrogen-bond donors (Lipinski definition) is 1. The van der Waals surface area contributed by atoms with Crippen molar-refractivity contribution in [2.45, 2.75) is 22.8 Å². The van der Waals surface area contributed by atoms with Crippen LogP contribution in [0.3, 0.4) is 0 Å². The molecule has 5 nitrogen and oxygen atoms in total. The number of anilines is 2. The molecule has 0 aromatic heterocycles. The highest BCUT2D eigenvalue weighted by molar-refractivity contribution is 7.99. The molecule has 0 radical (unpaired) electrons. The number of ether oxygens (including phenoxy) is 3. The molecule has 6 rings (SSSR count). The van der Waals surface area contributed by atoms with Crippen LogP contribution in [0, 0.1) is 0 Å². The Hall–Kier alpha value is -2.80. The Morgan fingerprint density at radius 1 is 0.767 bits per heavy atom. The molecule has 154 valence electrons. The highest BCUT2D eigenvalue weighted by Gasteiger charge is 2.13. The monoisotopic (exact) mass is 420 g/mol. The number of aliphatic imine (C=N–C) groups is 1. The van der Waals surface area contributed by atoms with Crippen LogP contribution in [0.25, 0.3) is 0 Å². The second kappa shape index (κ2) is 10.8. The summed E-state index contributed by atoms with van der Waals surface area (Å²) >= 11 is 1.82. The molecule has 3 aromatic carbocycles. The molecular weight excluding hydrogens is 396 g/mol. The quantitative estimate of drug-likeness (QED) is 0.370. The Labute approximate surface area is 181 Å². The molecule has 0 spiro atoms. The Morgan fingerprint density at radius 3 is 2.00 bits per heavy atom. The van der Waals surface area contributed by atoms with E-state index >= 15 is 0 Å². The predicted molar refractivity (Wildman–Crippen MR) is 121 cm³/mol. The Balaban J connectivity index is 0.000000119. The largest absolute Gasteiger partial charge is 0.478 e. The molecule has 0 aliphatic carbocycles. The van der Waals surface area contributed by atoms with E-state index in [1.165, 1.54) is 27.6 Å². The molecule has 1 fully saturated rings. The van der Waals surface area contributed by atoms with Crippen LogP contribution in [0.4, 0.5) is 17.1 Å². The van der Waals surface area contributed by atoms with E-state index in [4.69, 9.17) is 14.2 Å². The average molecular weight is 421 g/mol. The molecule has 0 amide bonds.